The van der Waals surface area contributed by atoms with Crippen LogP contribution >= 0.6 is 0 Å². The predicted molar refractivity (Wildman–Crippen MR) is 103 cm³/mol. The fourth-order valence-corrected chi connectivity index (χ4v) is 3.68. The fraction of sp³-hybridized carbons (Fsp3) is 0.364. The molecule has 2 aromatic rings. The van der Waals surface area contributed by atoms with Crippen molar-refractivity contribution < 1.29 is 37.8 Å². The smallest absolute Gasteiger partial charge is 0.338 e. The highest BCUT2D eigenvalue weighted by molar-refractivity contribution is 5.94. The number of rotatable bonds is 7. The summed E-state index contributed by atoms with van der Waals surface area (Å²) < 4.78 is 44.0. The van der Waals surface area contributed by atoms with Gasteiger partial charge in [0.15, 0.2) is 11.5 Å². The predicted octanol–water partition coefficient (Wildman–Crippen LogP) is 3.67. The van der Waals surface area contributed by atoms with E-state index in [1.54, 1.807) is 31.2 Å². The third-order valence-corrected chi connectivity index (χ3v) is 5.67. The zero-order valence-electron chi connectivity index (χ0n) is 19.0. The van der Waals surface area contributed by atoms with E-state index in [2.05, 4.69) is 0 Å². The molecule has 4 rings (SSSR count). The van der Waals surface area contributed by atoms with Gasteiger partial charge in [-0.25, -0.2) is 4.79 Å². The third kappa shape index (κ3) is 3.06. The number of hydrogen-bond acceptors (Lipinski definition) is 6. The number of ether oxygens (including phenoxy) is 4. The van der Waals surface area contributed by atoms with Crippen molar-refractivity contribution in [2.45, 2.75) is 32.5 Å². The quantitative estimate of drug-likeness (QED) is 0.708. The first kappa shape index (κ1) is 15.7. The first-order valence-corrected chi connectivity index (χ1v) is 9.16. The van der Waals surface area contributed by atoms with Gasteiger partial charge in [0.2, 0.25) is 5.75 Å². The Morgan fingerprint density at radius 3 is 2.62 bits per heavy atom. The van der Waals surface area contributed by atoms with Crippen molar-refractivity contribution in [1.82, 2.24) is 0 Å². The van der Waals surface area contributed by atoms with Crippen LogP contribution < -0.4 is 14.2 Å². The summed E-state index contributed by atoms with van der Waals surface area (Å²) in [6, 6.07) is 8.21. The number of fused-ring (bicyclic) bond motifs is 1. The van der Waals surface area contributed by atoms with E-state index >= 15 is 0 Å². The molecule has 0 spiro atoms. The summed E-state index contributed by atoms with van der Waals surface area (Å²) in [6.45, 7) is 1.81. The van der Waals surface area contributed by atoms with E-state index in [9.17, 15) is 14.7 Å². The standard InChI is InChI=1S/C22H22O7/c1-12(22(8-9-22)21(24)25)29-18-15(6-7-17(26-2)19(18)27-3)13-4-5-16-14(10-13)11-28-20(16)23/h4-7,10,12H,8-9,11H2,1-3H3,(H,24,25)/i2D3. The summed E-state index contributed by atoms with van der Waals surface area (Å²) in [7, 11) is -1.37. The molecule has 1 fully saturated rings. The van der Waals surface area contributed by atoms with Crippen LogP contribution in [0.2, 0.25) is 0 Å². The molecule has 0 bridgehead atoms. The van der Waals surface area contributed by atoms with E-state index in [0.717, 1.165) is 0 Å². The topological polar surface area (TPSA) is 91.3 Å². The van der Waals surface area contributed by atoms with E-state index in [4.69, 9.17) is 23.1 Å². The van der Waals surface area contributed by atoms with Gasteiger partial charge in [-0.3, -0.25) is 4.79 Å². The summed E-state index contributed by atoms with van der Waals surface area (Å²) >= 11 is 0. The number of aliphatic carboxylic acids is 1. The zero-order chi connectivity index (χ0) is 23.3. The Labute approximate surface area is 172 Å². The first-order chi connectivity index (χ1) is 15.1. The minimum atomic E-state index is -2.72. The van der Waals surface area contributed by atoms with Crippen LogP contribution in [0.15, 0.2) is 30.3 Å². The Balaban J connectivity index is 1.82. The lowest BCUT2D eigenvalue weighted by Gasteiger charge is -2.25. The first-order valence-electron chi connectivity index (χ1n) is 10.7. The summed E-state index contributed by atoms with van der Waals surface area (Å²) in [4.78, 5) is 23.6. The van der Waals surface area contributed by atoms with Crippen LogP contribution in [0.4, 0.5) is 0 Å². The summed E-state index contributed by atoms with van der Waals surface area (Å²) in [5.74, 6) is -1.20. The molecule has 152 valence electrons. The van der Waals surface area contributed by atoms with Crippen LogP contribution in [0.3, 0.4) is 0 Å². The summed E-state index contributed by atoms with van der Waals surface area (Å²) in [5, 5.41) is 9.65. The molecule has 1 aliphatic carbocycles. The van der Waals surface area contributed by atoms with Crippen molar-refractivity contribution in [3.8, 4) is 28.4 Å². The highest BCUT2D eigenvalue weighted by atomic mass is 16.5. The van der Waals surface area contributed by atoms with E-state index in [1.807, 2.05) is 0 Å². The Bertz CT molecular complexity index is 1090. The van der Waals surface area contributed by atoms with Gasteiger partial charge in [-0.2, -0.15) is 0 Å². The number of methoxy groups -OCH3 is 2. The molecular formula is C22H22O7. The largest absolute Gasteiger partial charge is 0.493 e. The molecule has 7 nitrogen and oxygen atoms in total. The molecule has 1 heterocycles. The maximum absolute atomic E-state index is 11.8. The Kier molecular flexibility index (Phi) is 3.78. The van der Waals surface area contributed by atoms with Gasteiger partial charge in [0, 0.05) is 11.1 Å². The molecule has 0 aromatic heterocycles. The lowest BCUT2D eigenvalue weighted by Crippen LogP contribution is -2.32. The second-order valence-electron chi connectivity index (χ2n) is 7.25. The number of hydrogen-bond donors (Lipinski definition) is 1. The number of carbonyl (C=O) groups excluding carboxylic acids is 1. The number of carboxylic acids is 1. The number of esters is 1. The highest BCUT2D eigenvalue weighted by Crippen LogP contribution is 2.53. The second kappa shape index (κ2) is 6.99. The van der Waals surface area contributed by atoms with Gasteiger partial charge >= 0.3 is 11.9 Å². The van der Waals surface area contributed by atoms with Crippen LogP contribution in [0, 0.1) is 5.41 Å². The number of benzene rings is 2. The molecule has 1 saturated carbocycles. The lowest BCUT2D eigenvalue weighted by atomic mass is 9.98. The molecule has 1 N–H and O–H groups in total. The molecule has 2 aliphatic rings. The second-order valence-corrected chi connectivity index (χ2v) is 7.25. The van der Waals surface area contributed by atoms with E-state index in [1.165, 1.54) is 13.2 Å². The van der Waals surface area contributed by atoms with Gasteiger partial charge in [0.05, 0.1) is 23.8 Å². The maximum atomic E-state index is 11.8. The van der Waals surface area contributed by atoms with Crippen molar-refractivity contribution >= 4 is 11.9 Å². The maximum Gasteiger partial charge on any atom is 0.338 e. The van der Waals surface area contributed by atoms with Crippen LogP contribution in [0.25, 0.3) is 11.1 Å². The van der Waals surface area contributed by atoms with Gasteiger partial charge < -0.3 is 24.1 Å². The van der Waals surface area contributed by atoms with Gasteiger partial charge in [-0.1, -0.05) is 6.07 Å². The van der Waals surface area contributed by atoms with E-state index in [-0.39, 0.29) is 23.9 Å². The van der Waals surface area contributed by atoms with Crippen molar-refractivity contribution in [3.05, 3.63) is 41.5 Å². The Hall–Kier alpha value is -3.22. The normalized spacial score (nSPS) is 19.1. The van der Waals surface area contributed by atoms with Crippen molar-refractivity contribution in [1.29, 1.82) is 0 Å². The van der Waals surface area contributed by atoms with E-state index in [0.29, 0.717) is 35.1 Å². The molecule has 2 aromatic carbocycles. The molecular weight excluding hydrogens is 376 g/mol. The van der Waals surface area contributed by atoms with Crippen LogP contribution in [0.5, 0.6) is 17.2 Å². The molecule has 29 heavy (non-hydrogen) atoms. The molecule has 1 aliphatic heterocycles. The molecule has 1 atom stereocenters. The molecule has 7 heteroatoms. The third-order valence-electron chi connectivity index (χ3n) is 5.67. The van der Waals surface area contributed by atoms with E-state index < -0.39 is 30.5 Å². The summed E-state index contributed by atoms with van der Waals surface area (Å²) in [5.41, 5.74) is 1.37. The number of cyclic esters (lactones) is 1. The van der Waals surface area contributed by atoms with Crippen LogP contribution in [0.1, 0.15) is 39.8 Å². The van der Waals surface area contributed by atoms with Crippen LogP contribution in [-0.4, -0.2) is 37.3 Å². The van der Waals surface area contributed by atoms with Gasteiger partial charge in [-0.15, -0.1) is 0 Å². The SMILES string of the molecule is [2H]C([2H])([2H])Oc1ccc(-c2ccc3c(c2)COC3=O)c(OC(C)C2(C(=O)O)CC2)c1OC. The van der Waals surface area contributed by atoms with Crippen LogP contribution in [-0.2, 0) is 16.1 Å². The van der Waals surface area contributed by atoms with Gasteiger partial charge in [0.1, 0.15) is 18.1 Å². The van der Waals surface area contributed by atoms with Gasteiger partial charge in [0.25, 0.3) is 0 Å². The Morgan fingerprint density at radius 2 is 1.97 bits per heavy atom. The Morgan fingerprint density at radius 1 is 1.21 bits per heavy atom. The monoisotopic (exact) mass is 401 g/mol. The van der Waals surface area contributed by atoms with Crippen molar-refractivity contribution in [3.63, 3.8) is 0 Å². The number of carbonyl (C=O) groups is 2. The van der Waals surface area contributed by atoms with Gasteiger partial charge in [-0.05, 0) is 49.6 Å². The average Bonchev–Trinajstić information content (AvgIpc) is 3.46. The molecule has 0 saturated heterocycles. The molecule has 0 radical (unpaired) electrons. The fourth-order valence-electron chi connectivity index (χ4n) is 3.68. The molecule has 0 amide bonds. The van der Waals surface area contributed by atoms with Crippen molar-refractivity contribution in [2.75, 3.05) is 14.1 Å². The minimum Gasteiger partial charge on any atom is -0.493 e. The summed E-state index contributed by atoms with van der Waals surface area (Å²) in [6.07, 6.45) is 0.241. The molecule has 1 unspecified atom stereocenters. The highest BCUT2D eigenvalue weighted by Gasteiger charge is 2.56. The van der Waals surface area contributed by atoms with Crippen molar-refractivity contribution in [2.24, 2.45) is 5.41 Å². The lowest BCUT2D eigenvalue weighted by molar-refractivity contribution is -0.146. The minimum absolute atomic E-state index is 0.0412. The zero-order valence-corrected chi connectivity index (χ0v) is 16.0. The average molecular weight is 401 g/mol. The number of carboxylic acid groups (broad SMARTS) is 1.